The summed E-state index contributed by atoms with van der Waals surface area (Å²) in [6.45, 7) is 3.79. The number of amides is 2. The molecule has 2 aliphatic rings. The van der Waals surface area contributed by atoms with E-state index in [1.165, 1.54) is 4.90 Å². The molecule has 0 spiro atoms. The van der Waals surface area contributed by atoms with Gasteiger partial charge in [-0.05, 0) is 36.1 Å². The van der Waals surface area contributed by atoms with Gasteiger partial charge in [0, 0.05) is 6.54 Å². The lowest BCUT2D eigenvalue weighted by Crippen LogP contribution is -2.71. The van der Waals surface area contributed by atoms with Crippen LogP contribution in [0.3, 0.4) is 0 Å². The Labute approximate surface area is 230 Å². The molecule has 3 aromatic rings. The van der Waals surface area contributed by atoms with Crippen molar-refractivity contribution in [1.82, 2.24) is 10.2 Å². The highest BCUT2D eigenvalue weighted by Gasteiger charge is 2.68. The van der Waals surface area contributed by atoms with Crippen LogP contribution in [-0.4, -0.2) is 49.1 Å². The predicted octanol–water partition coefficient (Wildman–Crippen LogP) is 2.58. The van der Waals surface area contributed by atoms with E-state index < -0.39 is 51.0 Å². The molecular weight excluding hydrogens is 514 g/mol. The largest absolute Gasteiger partial charge is 0.451 e. The molecule has 0 bridgehead atoms. The maximum atomic E-state index is 13.7. The standard InChI is InChI=1S/C30H31N3O5S/c1-30(2)26(29(36)38-25(21-9-5-3-6-10-21)22-11-7-4-8-12-22)33-27(35)24(28(33)39(30)37)32-23(34)17-19-13-15-20(18-31)16-14-19/h3-16,24-26,28H,17-18,31H2,1-2H3,(H,32,34)/t24-,26+,28-,39-/m1/s1. The summed E-state index contributed by atoms with van der Waals surface area (Å²) in [7, 11) is -1.62. The van der Waals surface area contributed by atoms with Gasteiger partial charge in [0.25, 0.3) is 0 Å². The quantitative estimate of drug-likeness (QED) is 0.332. The highest BCUT2D eigenvalue weighted by molar-refractivity contribution is 7.87. The molecule has 2 heterocycles. The molecule has 0 saturated carbocycles. The first-order chi connectivity index (χ1) is 18.7. The van der Waals surface area contributed by atoms with Gasteiger partial charge in [0.1, 0.15) is 17.5 Å². The van der Waals surface area contributed by atoms with Crippen LogP contribution in [0.25, 0.3) is 0 Å². The van der Waals surface area contributed by atoms with E-state index >= 15 is 0 Å². The van der Waals surface area contributed by atoms with Crippen molar-refractivity contribution in [2.24, 2.45) is 5.73 Å². The van der Waals surface area contributed by atoms with Crippen molar-refractivity contribution >= 4 is 28.6 Å². The van der Waals surface area contributed by atoms with Crippen LogP contribution in [0.1, 0.15) is 42.2 Å². The third-order valence-corrected chi connectivity index (χ3v) is 9.55. The summed E-state index contributed by atoms with van der Waals surface area (Å²) in [4.78, 5) is 41.0. The van der Waals surface area contributed by atoms with E-state index in [0.717, 1.165) is 22.3 Å². The molecule has 2 amide bonds. The van der Waals surface area contributed by atoms with E-state index in [4.69, 9.17) is 10.5 Å². The summed E-state index contributed by atoms with van der Waals surface area (Å²) in [5.41, 5.74) is 8.92. The second-order valence-electron chi connectivity index (χ2n) is 10.3. The molecule has 4 atom stereocenters. The zero-order chi connectivity index (χ0) is 27.7. The van der Waals surface area contributed by atoms with E-state index in [-0.39, 0.29) is 12.3 Å². The molecule has 9 heteroatoms. The fourth-order valence-corrected chi connectivity index (χ4v) is 7.16. The van der Waals surface area contributed by atoms with Gasteiger partial charge in [0.2, 0.25) is 11.8 Å². The summed E-state index contributed by atoms with van der Waals surface area (Å²) in [6.07, 6.45) is -0.626. The minimum absolute atomic E-state index is 0.0681. The molecule has 202 valence electrons. The van der Waals surface area contributed by atoms with Gasteiger partial charge in [-0.3, -0.25) is 13.8 Å². The van der Waals surface area contributed by atoms with Crippen molar-refractivity contribution < 1.29 is 23.3 Å². The molecule has 2 aliphatic heterocycles. The number of β-lactam (4-membered cyclic amide) rings is 1. The fraction of sp³-hybridized carbons (Fsp3) is 0.300. The molecule has 3 N–H and O–H groups in total. The van der Waals surface area contributed by atoms with Crippen molar-refractivity contribution in [3.63, 3.8) is 0 Å². The molecule has 0 radical (unpaired) electrons. The van der Waals surface area contributed by atoms with E-state index in [1.54, 1.807) is 13.8 Å². The first kappa shape index (κ1) is 26.8. The van der Waals surface area contributed by atoms with E-state index in [2.05, 4.69) is 5.32 Å². The summed E-state index contributed by atoms with van der Waals surface area (Å²) in [6, 6.07) is 24.0. The Morgan fingerprint density at radius 3 is 2.03 bits per heavy atom. The van der Waals surface area contributed by atoms with Gasteiger partial charge < -0.3 is 20.7 Å². The second-order valence-corrected chi connectivity index (χ2v) is 12.5. The first-order valence-electron chi connectivity index (χ1n) is 12.8. The zero-order valence-electron chi connectivity index (χ0n) is 21.8. The average molecular weight is 546 g/mol. The third-order valence-electron chi connectivity index (χ3n) is 7.36. The van der Waals surface area contributed by atoms with Crippen LogP contribution >= 0.6 is 0 Å². The number of ether oxygens (including phenoxy) is 1. The van der Waals surface area contributed by atoms with E-state index in [1.807, 2.05) is 84.9 Å². The van der Waals surface area contributed by atoms with Crippen molar-refractivity contribution in [3.05, 3.63) is 107 Å². The molecule has 0 aromatic heterocycles. The van der Waals surface area contributed by atoms with E-state index in [9.17, 15) is 18.6 Å². The number of hydrogen-bond donors (Lipinski definition) is 2. The summed E-state index contributed by atoms with van der Waals surface area (Å²) in [5, 5.41) is 1.93. The molecule has 3 aromatic carbocycles. The van der Waals surface area contributed by atoms with Gasteiger partial charge in [-0.2, -0.15) is 0 Å². The van der Waals surface area contributed by atoms with Crippen molar-refractivity contribution in [2.45, 2.75) is 55.1 Å². The zero-order valence-corrected chi connectivity index (χ0v) is 22.6. The number of nitrogens with zero attached hydrogens (tertiary/aromatic N) is 1. The molecule has 39 heavy (non-hydrogen) atoms. The average Bonchev–Trinajstić information content (AvgIpc) is 3.14. The van der Waals surface area contributed by atoms with E-state index in [0.29, 0.717) is 6.54 Å². The van der Waals surface area contributed by atoms with Crippen molar-refractivity contribution in [1.29, 1.82) is 0 Å². The Bertz CT molecular complexity index is 1360. The maximum Gasteiger partial charge on any atom is 0.331 e. The number of fused-ring (bicyclic) bond motifs is 1. The van der Waals surface area contributed by atoms with Gasteiger partial charge in [-0.25, -0.2) is 4.79 Å². The lowest BCUT2D eigenvalue weighted by molar-refractivity contribution is -0.166. The number of hydrogen-bond acceptors (Lipinski definition) is 6. The molecule has 2 saturated heterocycles. The number of nitrogens with two attached hydrogens (primary N) is 1. The van der Waals surface area contributed by atoms with Gasteiger partial charge in [0.15, 0.2) is 6.10 Å². The fourth-order valence-electron chi connectivity index (χ4n) is 5.24. The number of nitrogens with one attached hydrogen (secondary N) is 1. The molecular formula is C30H31N3O5S. The van der Waals surface area contributed by atoms with Crippen molar-refractivity contribution in [3.8, 4) is 0 Å². The van der Waals surface area contributed by atoms with Gasteiger partial charge in [0.05, 0.1) is 22.0 Å². The van der Waals surface area contributed by atoms with Gasteiger partial charge in [-0.15, -0.1) is 0 Å². The van der Waals surface area contributed by atoms with Crippen LogP contribution < -0.4 is 11.1 Å². The molecule has 8 nitrogen and oxygen atoms in total. The highest BCUT2D eigenvalue weighted by Crippen LogP contribution is 2.44. The van der Waals surface area contributed by atoms with Crippen LogP contribution in [0.2, 0.25) is 0 Å². The molecule has 0 unspecified atom stereocenters. The first-order valence-corrected chi connectivity index (χ1v) is 14.0. The Kier molecular flexibility index (Phi) is 7.38. The lowest BCUT2D eigenvalue weighted by atomic mass is 9.95. The second kappa shape index (κ2) is 10.7. The van der Waals surface area contributed by atoms with Crippen LogP contribution in [0.4, 0.5) is 0 Å². The number of rotatable bonds is 8. The SMILES string of the molecule is CC1(C)[C@H](C(=O)OC(c2ccccc2)c2ccccc2)N2C(=O)[C@@H](NC(=O)Cc3ccc(CN)cc3)[C@H]2[S@]1=O. The lowest BCUT2D eigenvalue weighted by Gasteiger charge is -2.43. The monoisotopic (exact) mass is 545 g/mol. The van der Waals surface area contributed by atoms with Gasteiger partial charge in [-0.1, -0.05) is 84.9 Å². The molecule has 5 rings (SSSR count). The Hall–Kier alpha value is -3.82. The Balaban J connectivity index is 1.33. The normalized spacial score (nSPS) is 23.2. The number of esters is 1. The predicted molar refractivity (Wildman–Crippen MR) is 147 cm³/mol. The summed E-state index contributed by atoms with van der Waals surface area (Å²) in [5.74, 6) is -1.43. The minimum Gasteiger partial charge on any atom is -0.451 e. The number of carbonyl (C=O) groups excluding carboxylic acids is 3. The Morgan fingerprint density at radius 2 is 1.49 bits per heavy atom. The van der Waals surface area contributed by atoms with Crippen LogP contribution in [0, 0.1) is 0 Å². The molecule has 2 fully saturated rings. The van der Waals surface area contributed by atoms with Crippen LogP contribution in [0.5, 0.6) is 0 Å². The highest BCUT2D eigenvalue weighted by atomic mass is 32.2. The number of carbonyl (C=O) groups is 3. The van der Waals surface area contributed by atoms with Gasteiger partial charge >= 0.3 is 5.97 Å². The topological polar surface area (TPSA) is 119 Å². The van der Waals surface area contributed by atoms with Crippen LogP contribution in [0.15, 0.2) is 84.9 Å². The number of benzene rings is 3. The maximum absolute atomic E-state index is 13.7. The molecule has 0 aliphatic carbocycles. The summed E-state index contributed by atoms with van der Waals surface area (Å²) >= 11 is 0. The smallest absolute Gasteiger partial charge is 0.331 e. The van der Waals surface area contributed by atoms with Crippen molar-refractivity contribution in [2.75, 3.05) is 0 Å². The summed E-state index contributed by atoms with van der Waals surface area (Å²) < 4.78 is 18.5. The Morgan fingerprint density at radius 1 is 0.949 bits per heavy atom. The third kappa shape index (κ3) is 4.99. The van der Waals surface area contributed by atoms with Crippen LogP contribution in [-0.2, 0) is 42.9 Å². The minimum atomic E-state index is -1.62.